The Morgan fingerprint density at radius 1 is 1.07 bits per heavy atom. The highest BCUT2D eigenvalue weighted by Crippen LogP contribution is 2.45. The van der Waals surface area contributed by atoms with Gasteiger partial charge >= 0.3 is 0 Å². The van der Waals surface area contributed by atoms with E-state index in [9.17, 15) is 0 Å². The molecule has 1 fully saturated rings. The Morgan fingerprint density at radius 2 is 1.83 bits per heavy atom. The second-order valence-corrected chi connectivity index (χ2v) is 8.08. The van der Waals surface area contributed by atoms with E-state index in [1.54, 1.807) is 14.2 Å². The van der Waals surface area contributed by atoms with E-state index in [1.165, 1.54) is 11.1 Å². The zero-order valence-corrected chi connectivity index (χ0v) is 17.6. The van der Waals surface area contributed by atoms with Crippen LogP contribution in [0.5, 0.6) is 11.5 Å². The first-order valence-electron chi connectivity index (χ1n) is 10.4. The fourth-order valence-corrected chi connectivity index (χ4v) is 4.67. The van der Waals surface area contributed by atoms with Crippen molar-refractivity contribution in [1.29, 1.82) is 0 Å². The first kappa shape index (κ1) is 19.8. The number of aromatic nitrogens is 2. The Kier molecular flexibility index (Phi) is 5.50. The summed E-state index contributed by atoms with van der Waals surface area (Å²) in [5.41, 5.74) is 9.45. The van der Waals surface area contributed by atoms with Crippen molar-refractivity contribution in [1.82, 2.24) is 15.3 Å². The summed E-state index contributed by atoms with van der Waals surface area (Å²) in [5, 5.41) is 3.41. The van der Waals surface area contributed by atoms with Gasteiger partial charge in [-0.15, -0.1) is 0 Å². The normalized spacial score (nSPS) is 22.0. The predicted molar refractivity (Wildman–Crippen MR) is 115 cm³/mol. The Morgan fingerprint density at radius 3 is 2.55 bits per heavy atom. The molecule has 0 spiro atoms. The molecular formula is C22H31N5O2. The van der Waals surface area contributed by atoms with Gasteiger partial charge in [-0.2, -0.15) is 4.98 Å². The Bertz CT molecular complexity index is 882. The van der Waals surface area contributed by atoms with Gasteiger partial charge in [0.1, 0.15) is 5.82 Å². The molecule has 4 rings (SSSR count). The zero-order valence-electron chi connectivity index (χ0n) is 17.6. The minimum absolute atomic E-state index is 0.259. The van der Waals surface area contributed by atoms with Crippen molar-refractivity contribution in [2.75, 3.05) is 51.0 Å². The smallest absolute Gasteiger partial charge is 0.222 e. The number of hydrogen-bond acceptors (Lipinski definition) is 7. The number of fused-ring (bicyclic) bond motifs is 1. The summed E-state index contributed by atoms with van der Waals surface area (Å²) in [6.45, 7) is 6.08. The van der Waals surface area contributed by atoms with E-state index in [0.29, 0.717) is 5.95 Å². The van der Waals surface area contributed by atoms with Gasteiger partial charge in [0.15, 0.2) is 11.5 Å². The van der Waals surface area contributed by atoms with Crippen LogP contribution in [0.4, 0.5) is 11.8 Å². The molecule has 1 saturated heterocycles. The molecule has 0 saturated carbocycles. The number of nitrogens with zero attached hydrogens (tertiary/aromatic N) is 3. The molecule has 2 heterocycles. The number of rotatable bonds is 4. The maximum Gasteiger partial charge on any atom is 0.222 e. The molecule has 2 aromatic rings. The van der Waals surface area contributed by atoms with Crippen molar-refractivity contribution in [2.24, 2.45) is 0 Å². The number of benzene rings is 1. The summed E-state index contributed by atoms with van der Waals surface area (Å²) in [5.74, 6) is 2.84. The minimum atomic E-state index is -0.259. The number of piperazine rings is 1. The van der Waals surface area contributed by atoms with E-state index in [2.05, 4.69) is 29.3 Å². The van der Waals surface area contributed by atoms with E-state index in [1.807, 2.05) is 6.07 Å². The highest BCUT2D eigenvalue weighted by molar-refractivity contribution is 5.57. The fraction of sp³-hybridized carbons (Fsp3) is 0.545. The molecule has 1 aromatic heterocycles. The number of methoxy groups -OCH3 is 2. The molecule has 0 amide bonds. The molecule has 7 heteroatoms. The topological polar surface area (TPSA) is 85.5 Å². The maximum absolute atomic E-state index is 6.23. The molecule has 0 bridgehead atoms. The van der Waals surface area contributed by atoms with Gasteiger partial charge in [0.25, 0.3) is 0 Å². The van der Waals surface area contributed by atoms with Crippen LogP contribution in [0.15, 0.2) is 18.2 Å². The van der Waals surface area contributed by atoms with Gasteiger partial charge in [-0.25, -0.2) is 4.98 Å². The Labute approximate surface area is 172 Å². The standard InChI is InChI=1S/C22H31N5O2/c1-22(15-7-8-17(28-2)18(14-15)29-3)9-5-4-6-16-19(22)25-21(23)26-20(16)27-12-10-24-11-13-27/h7-8,14,24H,4-6,9-13H2,1-3H3,(H2,23,25,26). The van der Waals surface area contributed by atoms with Crippen molar-refractivity contribution in [3.63, 3.8) is 0 Å². The lowest BCUT2D eigenvalue weighted by Crippen LogP contribution is -2.44. The molecule has 7 nitrogen and oxygen atoms in total. The van der Waals surface area contributed by atoms with Gasteiger partial charge < -0.3 is 25.4 Å². The largest absolute Gasteiger partial charge is 0.493 e. The monoisotopic (exact) mass is 397 g/mol. The van der Waals surface area contributed by atoms with Gasteiger partial charge in [-0.1, -0.05) is 12.5 Å². The van der Waals surface area contributed by atoms with Crippen LogP contribution in [-0.2, 0) is 11.8 Å². The van der Waals surface area contributed by atoms with E-state index in [0.717, 1.165) is 74.9 Å². The molecule has 0 radical (unpaired) electrons. The van der Waals surface area contributed by atoms with Gasteiger partial charge in [-0.3, -0.25) is 0 Å². The number of ether oxygens (including phenoxy) is 2. The number of nitrogen functional groups attached to an aromatic ring is 1. The average Bonchev–Trinajstić information content (AvgIpc) is 2.93. The average molecular weight is 398 g/mol. The molecular weight excluding hydrogens is 366 g/mol. The third-order valence-corrected chi connectivity index (χ3v) is 6.32. The van der Waals surface area contributed by atoms with Gasteiger partial charge in [0.2, 0.25) is 5.95 Å². The number of nitrogens with two attached hydrogens (primary N) is 1. The molecule has 29 heavy (non-hydrogen) atoms. The first-order valence-corrected chi connectivity index (χ1v) is 10.4. The summed E-state index contributed by atoms with van der Waals surface area (Å²) in [6.07, 6.45) is 4.25. The van der Waals surface area contributed by atoms with Crippen LogP contribution in [0.25, 0.3) is 0 Å². The summed E-state index contributed by atoms with van der Waals surface area (Å²) in [7, 11) is 3.33. The predicted octanol–water partition coefficient (Wildman–Crippen LogP) is 2.52. The third kappa shape index (κ3) is 3.59. The van der Waals surface area contributed by atoms with Crippen molar-refractivity contribution >= 4 is 11.8 Å². The SMILES string of the molecule is COc1ccc(C2(C)CCCCc3c(N4CCNCC4)nc(N)nc32)cc1OC. The Balaban J connectivity index is 1.86. The second kappa shape index (κ2) is 8.06. The van der Waals surface area contributed by atoms with Crippen LogP contribution in [0.3, 0.4) is 0 Å². The lowest BCUT2D eigenvalue weighted by molar-refractivity contribution is 0.353. The van der Waals surface area contributed by atoms with Gasteiger partial charge in [-0.05, 0) is 43.9 Å². The van der Waals surface area contributed by atoms with Gasteiger partial charge in [0.05, 0.1) is 19.9 Å². The molecule has 1 aliphatic heterocycles. The van der Waals surface area contributed by atoms with E-state index >= 15 is 0 Å². The highest BCUT2D eigenvalue weighted by atomic mass is 16.5. The lowest BCUT2D eigenvalue weighted by Gasteiger charge is -2.34. The van der Waals surface area contributed by atoms with Crippen molar-refractivity contribution in [3.05, 3.63) is 35.0 Å². The number of hydrogen-bond donors (Lipinski definition) is 2. The summed E-state index contributed by atoms with van der Waals surface area (Å²) < 4.78 is 11.0. The van der Waals surface area contributed by atoms with E-state index in [-0.39, 0.29) is 5.41 Å². The fourth-order valence-electron chi connectivity index (χ4n) is 4.67. The zero-order chi connectivity index (χ0) is 20.4. The van der Waals surface area contributed by atoms with Crippen molar-refractivity contribution in [3.8, 4) is 11.5 Å². The molecule has 156 valence electrons. The van der Waals surface area contributed by atoms with Crippen LogP contribution in [-0.4, -0.2) is 50.4 Å². The minimum Gasteiger partial charge on any atom is -0.493 e. The summed E-state index contributed by atoms with van der Waals surface area (Å²) in [4.78, 5) is 11.9. The maximum atomic E-state index is 6.23. The quantitative estimate of drug-likeness (QED) is 0.767. The van der Waals surface area contributed by atoms with Crippen molar-refractivity contribution < 1.29 is 9.47 Å². The van der Waals surface area contributed by atoms with Gasteiger partial charge in [0, 0.05) is 37.2 Å². The molecule has 2 aliphatic rings. The summed E-state index contributed by atoms with van der Waals surface area (Å²) >= 11 is 0. The lowest BCUT2D eigenvalue weighted by atomic mass is 9.75. The van der Waals surface area contributed by atoms with Crippen LogP contribution >= 0.6 is 0 Å². The molecule has 3 N–H and O–H groups in total. The van der Waals surface area contributed by atoms with Crippen LogP contribution in [0.1, 0.15) is 43.0 Å². The molecule has 1 aliphatic carbocycles. The second-order valence-electron chi connectivity index (χ2n) is 8.08. The molecule has 1 unspecified atom stereocenters. The van der Waals surface area contributed by atoms with Crippen molar-refractivity contribution in [2.45, 2.75) is 38.0 Å². The Hall–Kier alpha value is -2.54. The molecule has 1 atom stereocenters. The number of anilines is 2. The van der Waals surface area contributed by atoms with E-state index in [4.69, 9.17) is 25.2 Å². The number of nitrogens with one attached hydrogen (secondary N) is 1. The first-order chi connectivity index (χ1) is 14.1. The van der Waals surface area contributed by atoms with Crippen LogP contribution < -0.4 is 25.4 Å². The summed E-state index contributed by atoms with van der Waals surface area (Å²) in [6, 6.07) is 6.18. The van der Waals surface area contributed by atoms with E-state index < -0.39 is 0 Å². The highest BCUT2D eigenvalue weighted by Gasteiger charge is 2.37. The van der Waals surface area contributed by atoms with Crippen LogP contribution in [0.2, 0.25) is 0 Å². The third-order valence-electron chi connectivity index (χ3n) is 6.32. The molecule has 1 aromatic carbocycles. The van der Waals surface area contributed by atoms with Crippen LogP contribution in [0, 0.1) is 0 Å².